The first-order chi connectivity index (χ1) is 12.2. The van der Waals surface area contributed by atoms with E-state index in [1.54, 1.807) is 0 Å². The molecule has 0 aromatic heterocycles. The summed E-state index contributed by atoms with van der Waals surface area (Å²) < 4.78 is 6.49. The van der Waals surface area contributed by atoms with Gasteiger partial charge in [0.15, 0.2) is 0 Å². The summed E-state index contributed by atoms with van der Waals surface area (Å²) in [6.07, 6.45) is 5.50. The molecule has 132 valence electrons. The van der Waals surface area contributed by atoms with Gasteiger partial charge in [0, 0.05) is 16.4 Å². The van der Waals surface area contributed by atoms with E-state index >= 15 is 0 Å². The van der Waals surface area contributed by atoms with Gasteiger partial charge < -0.3 is 10.1 Å². The van der Waals surface area contributed by atoms with Crippen molar-refractivity contribution in [2.45, 2.75) is 44.1 Å². The average Bonchev–Trinajstić information content (AvgIpc) is 2.67. The molecule has 2 aromatic carbocycles. The molecule has 0 radical (unpaired) electrons. The highest BCUT2D eigenvalue weighted by molar-refractivity contribution is 9.10. The molecular weight excluding hydrogens is 378 g/mol. The van der Waals surface area contributed by atoms with Gasteiger partial charge >= 0.3 is 6.09 Å². The molecule has 1 amide bonds. The van der Waals surface area contributed by atoms with Gasteiger partial charge in [-0.05, 0) is 30.0 Å². The van der Waals surface area contributed by atoms with Gasteiger partial charge in [0.1, 0.15) is 6.61 Å². The van der Waals surface area contributed by atoms with Crippen LogP contribution in [0, 0.1) is 0 Å². The van der Waals surface area contributed by atoms with E-state index in [0.717, 1.165) is 22.9 Å². The maximum absolute atomic E-state index is 12.2. The third-order valence-corrected chi connectivity index (χ3v) is 5.73. The topological polar surface area (TPSA) is 38.3 Å². The predicted molar refractivity (Wildman–Crippen MR) is 104 cm³/mol. The molecule has 1 aliphatic rings. The smallest absolute Gasteiger partial charge is 0.407 e. The SMILES string of the molecule is O=C(NCC1(c2ccccc2Br)CCCCC1)OCc1ccccc1. The number of benzene rings is 2. The quantitative estimate of drug-likeness (QED) is 0.709. The zero-order valence-electron chi connectivity index (χ0n) is 14.3. The molecule has 2 aromatic rings. The van der Waals surface area contributed by atoms with Crippen molar-refractivity contribution < 1.29 is 9.53 Å². The van der Waals surface area contributed by atoms with Crippen LogP contribution in [0.2, 0.25) is 0 Å². The third kappa shape index (κ3) is 4.63. The molecule has 0 aliphatic heterocycles. The van der Waals surface area contributed by atoms with Crippen LogP contribution >= 0.6 is 15.9 Å². The van der Waals surface area contributed by atoms with E-state index in [2.05, 4.69) is 39.4 Å². The van der Waals surface area contributed by atoms with Crippen molar-refractivity contribution >= 4 is 22.0 Å². The Balaban J connectivity index is 1.63. The lowest BCUT2D eigenvalue weighted by molar-refractivity contribution is 0.134. The average molecular weight is 402 g/mol. The van der Waals surface area contributed by atoms with Gasteiger partial charge in [0.25, 0.3) is 0 Å². The van der Waals surface area contributed by atoms with Gasteiger partial charge in [0.05, 0.1) is 0 Å². The molecule has 3 rings (SSSR count). The van der Waals surface area contributed by atoms with Gasteiger partial charge in [-0.1, -0.05) is 83.7 Å². The lowest BCUT2D eigenvalue weighted by Gasteiger charge is -2.38. The molecule has 25 heavy (non-hydrogen) atoms. The van der Waals surface area contributed by atoms with Crippen LogP contribution in [0.3, 0.4) is 0 Å². The van der Waals surface area contributed by atoms with Crippen LogP contribution in [0.15, 0.2) is 59.1 Å². The maximum atomic E-state index is 12.2. The number of hydrogen-bond acceptors (Lipinski definition) is 2. The number of halogens is 1. The Bertz CT molecular complexity index is 696. The van der Waals surface area contributed by atoms with E-state index in [9.17, 15) is 4.79 Å². The molecule has 4 heteroatoms. The highest BCUT2D eigenvalue weighted by atomic mass is 79.9. The Morgan fingerprint density at radius 3 is 2.40 bits per heavy atom. The van der Waals surface area contributed by atoms with Crippen LogP contribution in [0.25, 0.3) is 0 Å². The minimum absolute atomic E-state index is 0.00981. The predicted octanol–water partition coefficient (Wildman–Crippen LogP) is 5.58. The number of rotatable bonds is 5. The van der Waals surface area contributed by atoms with Crippen molar-refractivity contribution in [3.8, 4) is 0 Å². The number of alkyl carbamates (subject to hydrolysis) is 1. The Morgan fingerprint density at radius 2 is 1.68 bits per heavy atom. The summed E-state index contributed by atoms with van der Waals surface area (Å²) in [5.41, 5.74) is 2.28. The Morgan fingerprint density at radius 1 is 1.00 bits per heavy atom. The van der Waals surface area contributed by atoms with E-state index in [-0.39, 0.29) is 11.5 Å². The van der Waals surface area contributed by atoms with Gasteiger partial charge in [-0.15, -0.1) is 0 Å². The summed E-state index contributed by atoms with van der Waals surface area (Å²) >= 11 is 3.69. The minimum Gasteiger partial charge on any atom is -0.445 e. The normalized spacial score (nSPS) is 16.2. The second kappa shape index (κ2) is 8.52. The fourth-order valence-electron chi connectivity index (χ4n) is 3.68. The Hall–Kier alpha value is -1.81. The highest BCUT2D eigenvalue weighted by Gasteiger charge is 2.35. The molecule has 1 saturated carbocycles. The van der Waals surface area contributed by atoms with Gasteiger partial charge in [0.2, 0.25) is 0 Å². The van der Waals surface area contributed by atoms with Crippen LogP contribution in [-0.2, 0) is 16.8 Å². The maximum Gasteiger partial charge on any atom is 0.407 e. The lowest BCUT2D eigenvalue weighted by atomic mass is 9.69. The molecule has 0 bridgehead atoms. The highest BCUT2D eigenvalue weighted by Crippen LogP contribution is 2.41. The van der Waals surface area contributed by atoms with Crippen molar-refractivity contribution in [1.82, 2.24) is 5.32 Å². The molecule has 1 aliphatic carbocycles. The standard InChI is InChI=1S/C21H24BrNO2/c22-19-12-6-5-11-18(19)21(13-7-2-8-14-21)16-23-20(24)25-15-17-9-3-1-4-10-17/h1,3-6,9-12H,2,7-8,13-16H2,(H,23,24). The second-order valence-electron chi connectivity index (χ2n) is 6.74. The van der Waals surface area contributed by atoms with Crippen molar-refractivity contribution in [2.75, 3.05) is 6.54 Å². The summed E-state index contributed by atoms with van der Waals surface area (Å²) in [6.45, 7) is 0.915. The van der Waals surface area contributed by atoms with Crippen molar-refractivity contribution in [2.24, 2.45) is 0 Å². The molecule has 1 fully saturated rings. The molecule has 0 heterocycles. The number of ether oxygens (including phenoxy) is 1. The van der Waals surface area contributed by atoms with Crippen molar-refractivity contribution in [3.05, 3.63) is 70.2 Å². The van der Waals surface area contributed by atoms with Crippen LogP contribution in [0.1, 0.15) is 43.2 Å². The number of carbonyl (C=O) groups excluding carboxylic acids is 1. The van der Waals surface area contributed by atoms with Gasteiger partial charge in [-0.25, -0.2) is 4.79 Å². The number of nitrogens with one attached hydrogen (secondary N) is 1. The summed E-state index contributed by atoms with van der Waals surface area (Å²) in [4.78, 5) is 12.2. The van der Waals surface area contributed by atoms with E-state index in [0.29, 0.717) is 13.2 Å². The summed E-state index contributed by atoms with van der Waals surface area (Å²) in [6, 6.07) is 18.1. The molecule has 0 atom stereocenters. The third-order valence-electron chi connectivity index (χ3n) is 5.04. The fourth-order valence-corrected chi connectivity index (χ4v) is 4.38. The molecule has 0 spiro atoms. The van der Waals surface area contributed by atoms with Crippen LogP contribution < -0.4 is 5.32 Å². The lowest BCUT2D eigenvalue weighted by Crippen LogP contribution is -2.42. The minimum atomic E-state index is -0.346. The van der Waals surface area contributed by atoms with E-state index < -0.39 is 0 Å². The van der Waals surface area contributed by atoms with Crippen LogP contribution in [0.4, 0.5) is 4.79 Å². The van der Waals surface area contributed by atoms with E-state index in [4.69, 9.17) is 4.74 Å². The zero-order chi connectivity index (χ0) is 17.5. The molecule has 1 N–H and O–H groups in total. The Labute approximate surface area is 157 Å². The van der Waals surface area contributed by atoms with Gasteiger partial charge in [-0.3, -0.25) is 0 Å². The molecular formula is C21H24BrNO2. The molecule has 3 nitrogen and oxygen atoms in total. The second-order valence-corrected chi connectivity index (χ2v) is 7.59. The van der Waals surface area contributed by atoms with Crippen molar-refractivity contribution in [1.29, 1.82) is 0 Å². The largest absolute Gasteiger partial charge is 0.445 e. The first-order valence-corrected chi connectivity index (χ1v) is 9.68. The number of hydrogen-bond donors (Lipinski definition) is 1. The number of carbonyl (C=O) groups is 1. The van der Waals surface area contributed by atoms with Gasteiger partial charge in [-0.2, -0.15) is 0 Å². The van der Waals surface area contributed by atoms with E-state index in [1.807, 2.05) is 36.4 Å². The first-order valence-electron chi connectivity index (χ1n) is 8.89. The number of amides is 1. The van der Waals surface area contributed by atoms with Crippen LogP contribution in [0.5, 0.6) is 0 Å². The van der Waals surface area contributed by atoms with E-state index in [1.165, 1.54) is 24.8 Å². The summed E-state index contributed by atoms with van der Waals surface area (Å²) in [7, 11) is 0. The Kier molecular flexibility index (Phi) is 6.14. The molecule has 0 unspecified atom stereocenters. The zero-order valence-corrected chi connectivity index (χ0v) is 15.9. The fraction of sp³-hybridized carbons (Fsp3) is 0.381. The van der Waals surface area contributed by atoms with Crippen molar-refractivity contribution in [3.63, 3.8) is 0 Å². The van der Waals surface area contributed by atoms with Crippen LogP contribution in [-0.4, -0.2) is 12.6 Å². The summed E-state index contributed by atoms with van der Waals surface area (Å²) in [5.74, 6) is 0. The molecule has 0 saturated heterocycles. The summed E-state index contributed by atoms with van der Waals surface area (Å²) in [5, 5.41) is 3.01. The monoisotopic (exact) mass is 401 g/mol. The first kappa shape index (κ1) is 18.0.